The summed E-state index contributed by atoms with van der Waals surface area (Å²) in [5.41, 5.74) is 0.464. The Balaban J connectivity index is 2.23. The first-order valence-corrected chi connectivity index (χ1v) is 6.77. The van der Waals surface area contributed by atoms with Crippen molar-refractivity contribution in [3.63, 3.8) is 0 Å². The predicted octanol–water partition coefficient (Wildman–Crippen LogP) is 2.77. The zero-order valence-corrected chi connectivity index (χ0v) is 11.9. The normalized spacial score (nSPS) is 13.1. The molecule has 7 nitrogen and oxygen atoms in total. The second kappa shape index (κ2) is 5.83. The Morgan fingerprint density at radius 2 is 2.09 bits per heavy atom. The molecule has 0 amide bonds. The van der Waals surface area contributed by atoms with Crippen LogP contribution in [0.3, 0.4) is 0 Å². The van der Waals surface area contributed by atoms with Gasteiger partial charge in [0.05, 0.1) is 4.92 Å². The number of hydrogen-bond donors (Lipinski definition) is 1. The molecule has 22 heavy (non-hydrogen) atoms. The van der Waals surface area contributed by atoms with Gasteiger partial charge in [-0.25, -0.2) is 4.68 Å². The van der Waals surface area contributed by atoms with E-state index in [1.54, 1.807) is 13.0 Å². The Labute approximate surface area is 126 Å². The molecular formula is C11H10F3N5O2S. The highest BCUT2D eigenvalue weighted by Gasteiger charge is 2.38. The summed E-state index contributed by atoms with van der Waals surface area (Å²) in [4.78, 5) is 10.2. The summed E-state index contributed by atoms with van der Waals surface area (Å²) >= 11 is 0.922. The van der Waals surface area contributed by atoms with E-state index in [2.05, 4.69) is 10.2 Å². The third-order valence-corrected chi connectivity index (χ3v) is 3.87. The molecule has 1 atom stereocenters. The molecule has 1 aromatic carbocycles. The fourth-order valence-electron chi connectivity index (χ4n) is 1.67. The zero-order chi connectivity index (χ0) is 16.5. The van der Waals surface area contributed by atoms with Crippen LogP contribution in [0, 0.1) is 10.1 Å². The molecule has 0 saturated carbocycles. The van der Waals surface area contributed by atoms with E-state index in [0.717, 1.165) is 11.8 Å². The number of thioether (sulfide) groups is 1. The van der Waals surface area contributed by atoms with E-state index in [9.17, 15) is 23.3 Å². The highest BCUT2D eigenvalue weighted by atomic mass is 32.2. The van der Waals surface area contributed by atoms with Crippen molar-refractivity contribution in [3.8, 4) is 0 Å². The quantitative estimate of drug-likeness (QED) is 0.400. The lowest BCUT2D eigenvalue weighted by Crippen LogP contribution is -2.21. The van der Waals surface area contributed by atoms with Crippen molar-refractivity contribution in [1.29, 1.82) is 0 Å². The molecule has 2 N–H and O–H groups in total. The van der Waals surface area contributed by atoms with Gasteiger partial charge in [0.1, 0.15) is 0 Å². The highest BCUT2D eigenvalue weighted by Crippen LogP contribution is 2.36. The third-order valence-electron chi connectivity index (χ3n) is 2.75. The van der Waals surface area contributed by atoms with Gasteiger partial charge in [0.2, 0.25) is 5.16 Å². The molecule has 1 aromatic heterocycles. The SMILES string of the molecule is CC(Sc1nnc(C(F)(F)F)n1N)c1cccc([N+](=O)[O-])c1. The minimum atomic E-state index is -4.70. The van der Waals surface area contributed by atoms with E-state index in [0.29, 0.717) is 10.2 Å². The molecule has 2 aromatic rings. The number of halogens is 3. The summed E-state index contributed by atoms with van der Waals surface area (Å²) in [6.07, 6.45) is -4.70. The van der Waals surface area contributed by atoms with Crippen molar-refractivity contribution >= 4 is 17.4 Å². The van der Waals surface area contributed by atoms with Gasteiger partial charge in [-0.05, 0) is 12.5 Å². The van der Waals surface area contributed by atoms with E-state index in [1.165, 1.54) is 18.2 Å². The van der Waals surface area contributed by atoms with Crippen LogP contribution in [0.1, 0.15) is 23.6 Å². The Hall–Kier alpha value is -2.30. The van der Waals surface area contributed by atoms with Crippen LogP contribution in [0.15, 0.2) is 29.4 Å². The lowest BCUT2D eigenvalue weighted by Gasteiger charge is -2.11. The lowest BCUT2D eigenvalue weighted by molar-refractivity contribution is -0.384. The maximum absolute atomic E-state index is 12.6. The number of rotatable bonds is 4. The largest absolute Gasteiger partial charge is 0.453 e. The molecule has 0 aliphatic heterocycles. The molecule has 2 rings (SSSR count). The van der Waals surface area contributed by atoms with Gasteiger partial charge in [-0.1, -0.05) is 23.9 Å². The minimum absolute atomic E-state index is 0.102. The van der Waals surface area contributed by atoms with E-state index in [1.807, 2.05) is 0 Å². The van der Waals surface area contributed by atoms with Crippen LogP contribution in [0.5, 0.6) is 0 Å². The number of nitrogen functional groups attached to an aromatic ring is 1. The molecule has 0 aliphatic rings. The number of benzene rings is 1. The van der Waals surface area contributed by atoms with Crippen molar-refractivity contribution < 1.29 is 18.1 Å². The molecule has 0 radical (unpaired) electrons. The summed E-state index contributed by atoms with van der Waals surface area (Å²) in [6.45, 7) is 1.67. The number of nitro groups is 1. The van der Waals surface area contributed by atoms with Gasteiger partial charge in [-0.15, -0.1) is 10.2 Å². The maximum atomic E-state index is 12.6. The van der Waals surface area contributed by atoms with Gasteiger partial charge in [-0.2, -0.15) is 13.2 Å². The van der Waals surface area contributed by atoms with Gasteiger partial charge in [-0.3, -0.25) is 10.1 Å². The summed E-state index contributed by atoms with van der Waals surface area (Å²) < 4.78 is 38.1. The molecule has 0 bridgehead atoms. The molecule has 0 fully saturated rings. The van der Waals surface area contributed by atoms with Crippen molar-refractivity contribution in [2.24, 2.45) is 0 Å². The fourth-order valence-corrected chi connectivity index (χ4v) is 2.56. The second-order valence-electron chi connectivity index (χ2n) is 4.29. The summed E-state index contributed by atoms with van der Waals surface area (Å²) in [5.74, 6) is 4.03. The van der Waals surface area contributed by atoms with Crippen molar-refractivity contribution in [2.75, 3.05) is 5.84 Å². The van der Waals surface area contributed by atoms with Crippen LogP contribution in [-0.2, 0) is 6.18 Å². The number of nitrogens with two attached hydrogens (primary N) is 1. The summed E-state index contributed by atoms with van der Waals surface area (Å²) in [7, 11) is 0. The van der Waals surface area contributed by atoms with Crippen LogP contribution in [0.4, 0.5) is 18.9 Å². The Morgan fingerprint density at radius 3 is 2.64 bits per heavy atom. The highest BCUT2D eigenvalue weighted by molar-refractivity contribution is 7.99. The Bertz CT molecular complexity index is 703. The Kier molecular flexibility index (Phi) is 4.26. The first kappa shape index (κ1) is 16.1. The third kappa shape index (κ3) is 3.30. The number of aromatic nitrogens is 3. The molecule has 1 heterocycles. The van der Waals surface area contributed by atoms with Gasteiger partial charge >= 0.3 is 6.18 Å². The predicted molar refractivity (Wildman–Crippen MR) is 72.5 cm³/mol. The van der Waals surface area contributed by atoms with Crippen molar-refractivity contribution in [1.82, 2.24) is 14.9 Å². The van der Waals surface area contributed by atoms with E-state index in [-0.39, 0.29) is 10.8 Å². The number of nitro benzene ring substituents is 1. The molecular weight excluding hydrogens is 323 g/mol. The van der Waals surface area contributed by atoms with E-state index in [4.69, 9.17) is 5.84 Å². The van der Waals surface area contributed by atoms with Gasteiger partial charge < -0.3 is 5.84 Å². The van der Waals surface area contributed by atoms with Crippen LogP contribution in [0.25, 0.3) is 0 Å². The topological polar surface area (TPSA) is 99.9 Å². The average Bonchev–Trinajstić information content (AvgIpc) is 2.80. The molecule has 0 saturated heterocycles. The van der Waals surface area contributed by atoms with Gasteiger partial charge in [0.25, 0.3) is 11.5 Å². The number of non-ortho nitro benzene ring substituents is 1. The molecule has 118 valence electrons. The fraction of sp³-hybridized carbons (Fsp3) is 0.273. The number of alkyl halides is 3. The number of hydrogen-bond acceptors (Lipinski definition) is 6. The minimum Gasteiger partial charge on any atom is -0.335 e. The van der Waals surface area contributed by atoms with Crippen LogP contribution < -0.4 is 5.84 Å². The first-order chi connectivity index (χ1) is 10.2. The van der Waals surface area contributed by atoms with Crippen molar-refractivity contribution in [2.45, 2.75) is 23.5 Å². The van der Waals surface area contributed by atoms with Crippen molar-refractivity contribution in [3.05, 3.63) is 45.8 Å². The van der Waals surface area contributed by atoms with Gasteiger partial charge in [0, 0.05) is 17.4 Å². The monoisotopic (exact) mass is 333 g/mol. The average molecular weight is 333 g/mol. The standard InChI is InChI=1S/C11H10F3N5O2S/c1-6(7-3-2-4-8(5-7)19(20)21)22-10-17-16-9(18(10)15)11(12,13)14/h2-6H,15H2,1H3. The van der Waals surface area contributed by atoms with Gasteiger partial charge in [0.15, 0.2) is 0 Å². The van der Waals surface area contributed by atoms with E-state index < -0.39 is 22.2 Å². The van der Waals surface area contributed by atoms with Crippen LogP contribution in [-0.4, -0.2) is 19.8 Å². The molecule has 11 heteroatoms. The lowest BCUT2D eigenvalue weighted by atomic mass is 10.1. The Morgan fingerprint density at radius 1 is 1.41 bits per heavy atom. The molecule has 0 aliphatic carbocycles. The summed E-state index contributed by atoms with van der Waals surface area (Å²) in [5, 5.41) is 16.6. The van der Waals surface area contributed by atoms with E-state index >= 15 is 0 Å². The second-order valence-corrected chi connectivity index (χ2v) is 5.59. The number of nitrogens with zero attached hydrogens (tertiary/aromatic N) is 4. The smallest absolute Gasteiger partial charge is 0.335 e. The van der Waals surface area contributed by atoms with Crippen LogP contribution in [0.2, 0.25) is 0 Å². The molecule has 1 unspecified atom stereocenters. The first-order valence-electron chi connectivity index (χ1n) is 5.89. The van der Waals surface area contributed by atoms with Crippen LogP contribution >= 0.6 is 11.8 Å². The molecule has 0 spiro atoms. The zero-order valence-electron chi connectivity index (χ0n) is 11.1. The maximum Gasteiger partial charge on any atom is 0.453 e. The summed E-state index contributed by atoms with van der Waals surface area (Å²) in [6, 6.07) is 5.80.